The molecular weight excluding hydrogens is 386 g/mol. The summed E-state index contributed by atoms with van der Waals surface area (Å²) in [5.41, 5.74) is 0.402. The molecular formula is C14H8ClN5O3S2. The third-order valence-corrected chi connectivity index (χ3v) is 4.77. The van der Waals surface area contributed by atoms with Crippen LogP contribution in [0.1, 0.15) is 15.2 Å². The number of thiophene rings is 1. The van der Waals surface area contributed by atoms with Crippen LogP contribution in [-0.2, 0) is 0 Å². The van der Waals surface area contributed by atoms with Crippen molar-refractivity contribution < 1.29 is 9.72 Å². The van der Waals surface area contributed by atoms with Crippen molar-refractivity contribution in [3.63, 3.8) is 0 Å². The van der Waals surface area contributed by atoms with E-state index < -0.39 is 4.92 Å². The topological polar surface area (TPSA) is 110 Å². The number of carbonyl (C=O) groups excluding carboxylic acids is 1. The second kappa shape index (κ2) is 7.47. The molecule has 0 saturated carbocycles. The van der Waals surface area contributed by atoms with E-state index in [0.717, 1.165) is 22.7 Å². The molecule has 0 spiro atoms. The van der Waals surface area contributed by atoms with Crippen LogP contribution in [-0.4, -0.2) is 27.2 Å². The molecule has 8 nitrogen and oxygen atoms in total. The Hall–Kier alpha value is -2.69. The maximum atomic E-state index is 12.1. The number of amides is 1. The molecule has 3 aromatic rings. The van der Waals surface area contributed by atoms with Gasteiger partial charge >= 0.3 is 5.00 Å². The highest BCUT2D eigenvalue weighted by atomic mass is 35.5. The van der Waals surface area contributed by atoms with Gasteiger partial charge < -0.3 is 0 Å². The second-order valence-electron chi connectivity index (χ2n) is 4.55. The zero-order valence-corrected chi connectivity index (χ0v) is 14.6. The summed E-state index contributed by atoms with van der Waals surface area (Å²) >= 11 is 7.93. The van der Waals surface area contributed by atoms with Gasteiger partial charge in [0.05, 0.1) is 9.80 Å². The fourth-order valence-electron chi connectivity index (χ4n) is 1.75. The SMILES string of the molecule is O=C(Nc1nnc(/N=C/c2ccc([N+](=O)[O-])s2)s1)c1cccc(Cl)c1. The van der Waals surface area contributed by atoms with Crippen LogP contribution >= 0.6 is 34.3 Å². The summed E-state index contributed by atoms with van der Waals surface area (Å²) in [7, 11) is 0. The molecule has 126 valence electrons. The smallest absolute Gasteiger partial charge is 0.296 e. The molecule has 0 aliphatic rings. The highest BCUT2D eigenvalue weighted by Crippen LogP contribution is 2.26. The van der Waals surface area contributed by atoms with Crippen LogP contribution in [0.15, 0.2) is 41.4 Å². The summed E-state index contributed by atoms with van der Waals surface area (Å²) < 4.78 is 0. The van der Waals surface area contributed by atoms with Gasteiger partial charge in [-0.25, -0.2) is 4.99 Å². The van der Waals surface area contributed by atoms with E-state index in [2.05, 4.69) is 20.5 Å². The summed E-state index contributed by atoms with van der Waals surface area (Å²) in [6, 6.07) is 9.52. The lowest BCUT2D eigenvalue weighted by molar-refractivity contribution is -0.380. The van der Waals surface area contributed by atoms with Crippen molar-refractivity contribution in [2.45, 2.75) is 0 Å². The van der Waals surface area contributed by atoms with Gasteiger partial charge in [0.1, 0.15) is 0 Å². The molecule has 2 aromatic heterocycles. The van der Waals surface area contributed by atoms with E-state index >= 15 is 0 Å². The first-order valence-corrected chi connectivity index (χ1v) is 8.71. The molecule has 0 radical (unpaired) electrons. The molecule has 11 heteroatoms. The Kier molecular flexibility index (Phi) is 5.12. The van der Waals surface area contributed by atoms with E-state index in [1.165, 1.54) is 12.3 Å². The fraction of sp³-hybridized carbons (Fsp3) is 0. The normalized spacial score (nSPS) is 10.9. The minimum Gasteiger partial charge on any atom is -0.296 e. The minimum absolute atomic E-state index is 0.0354. The molecule has 0 aliphatic carbocycles. The van der Waals surface area contributed by atoms with Crippen LogP contribution in [0.5, 0.6) is 0 Å². The molecule has 0 bridgehead atoms. The first-order chi connectivity index (χ1) is 12.0. The number of hydrogen-bond acceptors (Lipinski definition) is 8. The minimum atomic E-state index is -0.462. The number of hydrogen-bond donors (Lipinski definition) is 1. The lowest BCUT2D eigenvalue weighted by atomic mass is 10.2. The summed E-state index contributed by atoms with van der Waals surface area (Å²) in [5.74, 6) is -0.358. The fourth-order valence-corrected chi connectivity index (χ4v) is 3.22. The van der Waals surface area contributed by atoms with Gasteiger partial charge in [0.2, 0.25) is 10.3 Å². The van der Waals surface area contributed by atoms with Crippen LogP contribution in [0, 0.1) is 10.1 Å². The van der Waals surface area contributed by atoms with E-state index in [1.807, 2.05) is 0 Å². The Morgan fingerprint density at radius 3 is 2.84 bits per heavy atom. The maximum Gasteiger partial charge on any atom is 0.324 e. The van der Waals surface area contributed by atoms with Crippen molar-refractivity contribution >= 4 is 61.7 Å². The summed E-state index contributed by atoms with van der Waals surface area (Å²) in [5, 5.41) is 22.0. The van der Waals surface area contributed by atoms with Gasteiger partial charge in [-0.3, -0.25) is 20.2 Å². The van der Waals surface area contributed by atoms with E-state index in [9.17, 15) is 14.9 Å². The van der Waals surface area contributed by atoms with Crippen molar-refractivity contribution in [1.29, 1.82) is 0 Å². The van der Waals surface area contributed by atoms with Crippen molar-refractivity contribution in [3.05, 3.63) is 62.0 Å². The standard InChI is InChI=1S/C14H8ClN5O3S2/c15-9-3-1-2-8(6-9)12(21)17-14-19-18-13(25-14)16-7-10-4-5-11(24-10)20(22)23/h1-7H,(H,17,19,21)/b16-7+. The Bertz CT molecular complexity index is 969. The summed E-state index contributed by atoms with van der Waals surface area (Å²) in [6.45, 7) is 0. The van der Waals surface area contributed by atoms with E-state index in [0.29, 0.717) is 20.6 Å². The molecule has 0 saturated heterocycles. The number of nitro groups is 1. The van der Waals surface area contributed by atoms with Gasteiger partial charge in [-0.2, -0.15) is 0 Å². The molecule has 1 aromatic carbocycles. The number of halogens is 1. The van der Waals surface area contributed by atoms with Crippen LogP contribution in [0.4, 0.5) is 15.3 Å². The van der Waals surface area contributed by atoms with Gasteiger partial charge in [-0.1, -0.05) is 40.3 Å². The van der Waals surface area contributed by atoms with Crippen LogP contribution in [0.2, 0.25) is 5.02 Å². The number of carbonyl (C=O) groups is 1. The number of aliphatic imine (C=N–C) groups is 1. The molecule has 3 rings (SSSR count). The van der Waals surface area contributed by atoms with Crippen molar-refractivity contribution in [1.82, 2.24) is 10.2 Å². The van der Waals surface area contributed by atoms with Crippen LogP contribution < -0.4 is 5.32 Å². The van der Waals surface area contributed by atoms with Gasteiger partial charge in [0.25, 0.3) is 5.91 Å². The van der Waals surface area contributed by atoms with Gasteiger partial charge in [0, 0.05) is 22.9 Å². The largest absolute Gasteiger partial charge is 0.324 e. The summed E-state index contributed by atoms with van der Waals surface area (Å²) in [6.07, 6.45) is 1.46. The molecule has 0 fully saturated rings. The van der Waals surface area contributed by atoms with Crippen molar-refractivity contribution in [3.8, 4) is 0 Å². The Morgan fingerprint density at radius 2 is 2.12 bits per heavy atom. The van der Waals surface area contributed by atoms with Gasteiger partial charge in [-0.05, 0) is 24.3 Å². The highest BCUT2D eigenvalue weighted by molar-refractivity contribution is 7.19. The average molecular weight is 394 g/mol. The number of aromatic nitrogens is 2. The highest BCUT2D eigenvalue weighted by Gasteiger charge is 2.11. The van der Waals surface area contributed by atoms with E-state index in [-0.39, 0.29) is 16.0 Å². The zero-order chi connectivity index (χ0) is 17.8. The average Bonchev–Trinajstić information content (AvgIpc) is 3.22. The Balaban J connectivity index is 1.66. The third-order valence-electron chi connectivity index (χ3n) is 2.82. The number of nitrogens with zero attached hydrogens (tertiary/aromatic N) is 4. The Morgan fingerprint density at radius 1 is 1.28 bits per heavy atom. The first kappa shape index (κ1) is 17.1. The van der Waals surface area contributed by atoms with Crippen LogP contribution in [0.25, 0.3) is 0 Å². The van der Waals surface area contributed by atoms with E-state index in [4.69, 9.17) is 11.6 Å². The van der Waals surface area contributed by atoms with Crippen LogP contribution in [0.3, 0.4) is 0 Å². The third kappa shape index (κ3) is 4.44. The number of anilines is 1. The number of benzene rings is 1. The monoisotopic (exact) mass is 393 g/mol. The Labute approximate surface area is 154 Å². The van der Waals surface area contributed by atoms with Crippen molar-refractivity contribution in [2.75, 3.05) is 5.32 Å². The molecule has 0 unspecified atom stereocenters. The zero-order valence-electron chi connectivity index (χ0n) is 12.2. The predicted octanol–water partition coefficient (Wildman–Crippen LogP) is 4.16. The lowest BCUT2D eigenvalue weighted by Crippen LogP contribution is -2.11. The quantitative estimate of drug-likeness (QED) is 0.397. The maximum absolute atomic E-state index is 12.1. The predicted molar refractivity (Wildman–Crippen MR) is 97.5 cm³/mol. The first-order valence-electron chi connectivity index (χ1n) is 6.70. The molecule has 0 atom stereocenters. The molecule has 1 N–H and O–H groups in total. The van der Waals surface area contributed by atoms with Gasteiger partial charge in [0.15, 0.2) is 0 Å². The molecule has 0 aliphatic heterocycles. The second-order valence-corrected chi connectivity index (χ2v) is 7.03. The number of rotatable bonds is 5. The molecule has 2 heterocycles. The number of nitrogens with one attached hydrogen (secondary N) is 1. The summed E-state index contributed by atoms with van der Waals surface area (Å²) in [4.78, 5) is 27.0. The molecule has 1 amide bonds. The van der Waals surface area contributed by atoms with Gasteiger partial charge in [-0.15, -0.1) is 10.2 Å². The lowest BCUT2D eigenvalue weighted by Gasteiger charge is -2.00. The van der Waals surface area contributed by atoms with E-state index in [1.54, 1.807) is 30.3 Å². The van der Waals surface area contributed by atoms with Crippen molar-refractivity contribution in [2.24, 2.45) is 4.99 Å². The molecule has 25 heavy (non-hydrogen) atoms.